The highest BCUT2D eigenvalue weighted by Gasteiger charge is 2.45. The fourth-order valence-corrected chi connectivity index (χ4v) is 7.79. The van der Waals surface area contributed by atoms with Gasteiger partial charge in [-0.25, -0.2) is 15.0 Å². The van der Waals surface area contributed by atoms with E-state index in [4.69, 9.17) is 15.0 Å². The molecule has 3 nitrogen and oxygen atoms in total. The van der Waals surface area contributed by atoms with Gasteiger partial charge in [-0.05, 0) is 84.3 Å². The van der Waals surface area contributed by atoms with Gasteiger partial charge in [-0.2, -0.15) is 0 Å². The zero-order chi connectivity index (χ0) is 35.5. The Morgan fingerprint density at radius 1 is 0.308 bits per heavy atom. The Morgan fingerprint density at radius 2 is 0.712 bits per heavy atom. The molecular weight excluding hydrogens is 631 g/mol. The van der Waals surface area contributed by atoms with E-state index in [2.05, 4.69) is 155 Å². The molecule has 0 aliphatic heterocycles. The van der Waals surface area contributed by atoms with Gasteiger partial charge in [-0.3, -0.25) is 0 Å². The van der Waals surface area contributed by atoms with Crippen molar-refractivity contribution in [3.8, 4) is 67.5 Å². The first-order valence-corrected chi connectivity index (χ1v) is 18.0. The van der Waals surface area contributed by atoms with E-state index in [-0.39, 0.29) is 10.8 Å². The summed E-state index contributed by atoms with van der Waals surface area (Å²) in [5.74, 6) is 1.96. The molecule has 3 heteroatoms. The van der Waals surface area contributed by atoms with Crippen LogP contribution in [0.5, 0.6) is 0 Å². The van der Waals surface area contributed by atoms with Crippen LogP contribution in [-0.2, 0) is 10.8 Å². The summed E-state index contributed by atoms with van der Waals surface area (Å²) in [4.78, 5) is 15.1. The van der Waals surface area contributed by atoms with Gasteiger partial charge < -0.3 is 0 Å². The molecule has 1 aliphatic carbocycles. The fourth-order valence-electron chi connectivity index (χ4n) is 7.79. The predicted octanol–water partition coefficient (Wildman–Crippen LogP) is 12.6. The highest BCUT2D eigenvalue weighted by molar-refractivity contribution is 5.90. The lowest BCUT2D eigenvalue weighted by atomic mass is 9.55. The number of hydrogen-bond donors (Lipinski definition) is 0. The third kappa shape index (κ3) is 5.32. The zero-order valence-electron chi connectivity index (χ0n) is 29.9. The number of aromatic nitrogens is 3. The average Bonchev–Trinajstić information content (AvgIpc) is 3.20. The van der Waals surface area contributed by atoms with Crippen LogP contribution in [0.15, 0.2) is 164 Å². The van der Waals surface area contributed by atoms with Gasteiger partial charge in [0.05, 0.1) is 0 Å². The molecule has 7 aromatic carbocycles. The molecule has 0 fully saturated rings. The lowest BCUT2D eigenvalue weighted by Gasteiger charge is -2.48. The maximum Gasteiger partial charge on any atom is 0.164 e. The second-order valence-corrected chi connectivity index (χ2v) is 14.9. The van der Waals surface area contributed by atoms with E-state index in [9.17, 15) is 0 Å². The smallest absolute Gasteiger partial charge is 0.164 e. The molecule has 0 radical (unpaired) electrons. The van der Waals surface area contributed by atoms with E-state index < -0.39 is 0 Å². The molecule has 1 heterocycles. The molecule has 0 N–H and O–H groups in total. The number of nitrogens with zero attached hydrogens (tertiary/aromatic N) is 3. The van der Waals surface area contributed by atoms with Crippen LogP contribution in [0, 0.1) is 0 Å². The molecule has 8 aromatic rings. The first-order chi connectivity index (χ1) is 25.3. The molecule has 0 spiro atoms. The SMILES string of the molecule is CC1(C)c2ccccc2-c2cc(-c3ccc(-c4nc(-c5ccccc5)nc(-c5ccc6cc(-c7ccccc7)ccc6c5)n4)cc3)ccc2C1(C)C. The van der Waals surface area contributed by atoms with Gasteiger partial charge in [0.1, 0.15) is 0 Å². The molecule has 1 aromatic heterocycles. The molecule has 0 amide bonds. The van der Waals surface area contributed by atoms with Gasteiger partial charge in [-0.15, -0.1) is 0 Å². The number of rotatable bonds is 5. The van der Waals surface area contributed by atoms with E-state index in [0.717, 1.165) is 27.6 Å². The fraction of sp³-hybridized carbons (Fsp3) is 0.122. The topological polar surface area (TPSA) is 38.7 Å². The number of fused-ring (bicyclic) bond motifs is 4. The van der Waals surface area contributed by atoms with Crippen LogP contribution < -0.4 is 0 Å². The Labute approximate surface area is 305 Å². The second kappa shape index (κ2) is 12.2. The first kappa shape index (κ1) is 31.8. The van der Waals surface area contributed by atoms with Crippen LogP contribution in [0.3, 0.4) is 0 Å². The van der Waals surface area contributed by atoms with Crippen molar-refractivity contribution in [2.24, 2.45) is 0 Å². The predicted molar refractivity (Wildman–Crippen MR) is 216 cm³/mol. The summed E-state index contributed by atoms with van der Waals surface area (Å²) in [6, 6.07) is 58.2. The van der Waals surface area contributed by atoms with Gasteiger partial charge in [0.2, 0.25) is 0 Å². The van der Waals surface area contributed by atoms with E-state index >= 15 is 0 Å². The monoisotopic (exact) mass is 669 g/mol. The van der Waals surface area contributed by atoms with Crippen molar-refractivity contribution < 1.29 is 0 Å². The summed E-state index contributed by atoms with van der Waals surface area (Å²) in [6.45, 7) is 9.50. The molecule has 250 valence electrons. The van der Waals surface area contributed by atoms with Gasteiger partial charge >= 0.3 is 0 Å². The molecule has 0 unspecified atom stereocenters. The van der Waals surface area contributed by atoms with Gasteiger partial charge in [-0.1, -0.05) is 173 Å². The summed E-state index contributed by atoms with van der Waals surface area (Å²) in [6.07, 6.45) is 0. The second-order valence-electron chi connectivity index (χ2n) is 14.9. The van der Waals surface area contributed by atoms with E-state index in [1.165, 1.54) is 44.3 Å². The third-order valence-corrected chi connectivity index (χ3v) is 11.5. The van der Waals surface area contributed by atoms with Gasteiger partial charge in [0.25, 0.3) is 0 Å². The molecule has 0 saturated heterocycles. The van der Waals surface area contributed by atoms with Crippen LogP contribution in [0.25, 0.3) is 78.3 Å². The number of benzene rings is 7. The zero-order valence-corrected chi connectivity index (χ0v) is 29.9. The summed E-state index contributed by atoms with van der Waals surface area (Å²) in [5, 5.41) is 2.32. The summed E-state index contributed by atoms with van der Waals surface area (Å²) in [7, 11) is 0. The summed E-state index contributed by atoms with van der Waals surface area (Å²) < 4.78 is 0. The first-order valence-electron chi connectivity index (χ1n) is 18.0. The van der Waals surface area contributed by atoms with Crippen molar-refractivity contribution in [3.05, 3.63) is 175 Å². The molecule has 0 atom stereocenters. The van der Waals surface area contributed by atoms with Crippen LogP contribution in [0.1, 0.15) is 38.8 Å². The minimum atomic E-state index is -0.0118. The largest absolute Gasteiger partial charge is 0.208 e. The Bertz CT molecular complexity index is 2600. The van der Waals surface area contributed by atoms with Gasteiger partial charge in [0, 0.05) is 16.7 Å². The maximum absolute atomic E-state index is 5.06. The Hall–Kier alpha value is -6.19. The minimum absolute atomic E-state index is 0.0118. The average molecular weight is 670 g/mol. The Morgan fingerprint density at radius 3 is 1.37 bits per heavy atom. The van der Waals surface area contributed by atoms with Crippen molar-refractivity contribution in [1.29, 1.82) is 0 Å². The van der Waals surface area contributed by atoms with Gasteiger partial charge in [0.15, 0.2) is 17.5 Å². The lowest BCUT2D eigenvalue weighted by molar-refractivity contribution is 0.299. The van der Waals surface area contributed by atoms with Crippen LogP contribution >= 0.6 is 0 Å². The highest BCUT2D eigenvalue weighted by Crippen LogP contribution is 2.54. The van der Waals surface area contributed by atoms with Crippen molar-refractivity contribution in [3.63, 3.8) is 0 Å². The van der Waals surface area contributed by atoms with Crippen molar-refractivity contribution in [2.75, 3.05) is 0 Å². The molecule has 52 heavy (non-hydrogen) atoms. The molecule has 1 aliphatic rings. The van der Waals surface area contributed by atoms with E-state index in [1.54, 1.807) is 0 Å². The number of hydrogen-bond acceptors (Lipinski definition) is 3. The molecule has 0 bridgehead atoms. The molecule has 9 rings (SSSR count). The van der Waals surface area contributed by atoms with Crippen LogP contribution in [0.2, 0.25) is 0 Å². The maximum atomic E-state index is 5.06. The molecule has 0 saturated carbocycles. The van der Waals surface area contributed by atoms with E-state index in [1.807, 2.05) is 36.4 Å². The third-order valence-electron chi connectivity index (χ3n) is 11.5. The van der Waals surface area contributed by atoms with Crippen LogP contribution in [-0.4, -0.2) is 15.0 Å². The van der Waals surface area contributed by atoms with Crippen LogP contribution in [0.4, 0.5) is 0 Å². The lowest BCUT2D eigenvalue weighted by Crippen LogP contribution is -2.43. The summed E-state index contributed by atoms with van der Waals surface area (Å²) >= 11 is 0. The van der Waals surface area contributed by atoms with Crippen molar-refractivity contribution >= 4 is 10.8 Å². The normalized spacial score (nSPS) is 14.1. The Kier molecular flexibility index (Phi) is 7.48. The van der Waals surface area contributed by atoms with Crippen molar-refractivity contribution in [1.82, 2.24) is 15.0 Å². The van der Waals surface area contributed by atoms with Crippen molar-refractivity contribution in [2.45, 2.75) is 38.5 Å². The quantitative estimate of drug-likeness (QED) is 0.183. The standard InChI is InChI=1S/C49H39N3/c1-48(2)43-18-12-11-17-41(43)42-31-39(27-28-44(42)49(48,3)4)33-19-21-35(22-20-33)46-50-45(34-15-9-6-10-16-34)51-47(52-46)40-26-25-37-29-36(23-24-38(37)30-40)32-13-7-5-8-14-32/h5-31H,1-4H3. The summed E-state index contributed by atoms with van der Waals surface area (Å²) in [5.41, 5.74) is 13.1. The minimum Gasteiger partial charge on any atom is -0.208 e. The van der Waals surface area contributed by atoms with E-state index in [0.29, 0.717) is 17.5 Å². The Balaban J connectivity index is 1.09. The molecular formula is C49H39N3. The highest BCUT2D eigenvalue weighted by atomic mass is 15.0.